The van der Waals surface area contributed by atoms with Crippen molar-refractivity contribution in [2.75, 3.05) is 25.0 Å². The van der Waals surface area contributed by atoms with Gasteiger partial charge in [0.25, 0.3) is 0 Å². The topological polar surface area (TPSA) is 24.1 Å². The molecule has 0 unspecified atom stereocenters. The van der Waals surface area contributed by atoms with Gasteiger partial charge in [-0.15, -0.1) is 0 Å². The molecular formula is C12H17FN2. The fourth-order valence-electron chi connectivity index (χ4n) is 1.92. The molecule has 2 nitrogen and oxygen atoms in total. The van der Waals surface area contributed by atoms with Gasteiger partial charge in [0.1, 0.15) is 5.82 Å². The van der Waals surface area contributed by atoms with Crippen LogP contribution in [0.1, 0.15) is 12.8 Å². The van der Waals surface area contributed by atoms with E-state index in [9.17, 15) is 4.39 Å². The summed E-state index contributed by atoms with van der Waals surface area (Å²) < 4.78 is 12.6. The quantitative estimate of drug-likeness (QED) is 0.796. The Kier molecular flexibility index (Phi) is 3.56. The molecule has 0 amide bonds. The first-order valence-electron chi connectivity index (χ1n) is 5.55. The molecule has 1 heterocycles. The maximum atomic E-state index is 12.6. The van der Waals surface area contributed by atoms with Crippen LogP contribution in [0.2, 0.25) is 0 Å². The van der Waals surface area contributed by atoms with E-state index in [2.05, 4.69) is 10.6 Å². The minimum absolute atomic E-state index is 0.178. The van der Waals surface area contributed by atoms with Crippen LogP contribution in [-0.2, 0) is 0 Å². The lowest BCUT2D eigenvalue weighted by atomic mass is 9.98. The maximum absolute atomic E-state index is 12.6. The Bertz CT molecular complexity index is 291. The fourth-order valence-corrected chi connectivity index (χ4v) is 1.92. The third-order valence-corrected chi connectivity index (χ3v) is 2.90. The van der Waals surface area contributed by atoms with E-state index >= 15 is 0 Å². The van der Waals surface area contributed by atoms with E-state index in [1.165, 1.54) is 25.0 Å². The molecule has 2 rings (SSSR count). The zero-order valence-electron chi connectivity index (χ0n) is 8.80. The van der Waals surface area contributed by atoms with Gasteiger partial charge in [-0.05, 0) is 56.1 Å². The second-order valence-electron chi connectivity index (χ2n) is 4.08. The number of hydrogen-bond donors (Lipinski definition) is 2. The summed E-state index contributed by atoms with van der Waals surface area (Å²) in [5.41, 5.74) is 1.01. The molecule has 2 N–H and O–H groups in total. The third kappa shape index (κ3) is 3.20. The highest BCUT2D eigenvalue weighted by atomic mass is 19.1. The van der Waals surface area contributed by atoms with Crippen molar-refractivity contribution in [1.82, 2.24) is 5.32 Å². The van der Waals surface area contributed by atoms with Gasteiger partial charge < -0.3 is 10.6 Å². The summed E-state index contributed by atoms with van der Waals surface area (Å²) >= 11 is 0. The second kappa shape index (κ2) is 5.12. The molecule has 15 heavy (non-hydrogen) atoms. The van der Waals surface area contributed by atoms with Gasteiger partial charge in [-0.25, -0.2) is 4.39 Å². The van der Waals surface area contributed by atoms with E-state index in [0.717, 1.165) is 31.2 Å². The number of hydrogen-bond acceptors (Lipinski definition) is 2. The van der Waals surface area contributed by atoms with Crippen LogP contribution in [-0.4, -0.2) is 19.6 Å². The average Bonchev–Trinajstić information content (AvgIpc) is 2.30. The monoisotopic (exact) mass is 208 g/mol. The van der Waals surface area contributed by atoms with Crippen molar-refractivity contribution < 1.29 is 4.39 Å². The largest absolute Gasteiger partial charge is 0.385 e. The molecule has 0 saturated carbocycles. The second-order valence-corrected chi connectivity index (χ2v) is 4.08. The van der Waals surface area contributed by atoms with E-state index in [1.54, 1.807) is 12.1 Å². The minimum atomic E-state index is -0.178. The van der Waals surface area contributed by atoms with Gasteiger partial charge in [-0.3, -0.25) is 0 Å². The zero-order valence-corrected chi connectivity index (χ0v) is 8.80. The van der Waals surface area contributed by atoms with Crippen molar-refractivity contribution in [3.63, 3.8) is 0 Å². The Morgan fingerprint density at radius 2 is 1.87 bits per heavy atom. The van der Waals surface area contributed by atoms with Gasteiger partial charge in [-0.1, -0.05) is 0 Å². The Labute approximate surface area is 89.9 Å². The summed E-state index contributed by atoms with van der Waals surface area (Å²) in [7, 11) is 0. The summed E-state index contributed by atoms with van der Waals surface area (Å²) in [5, 5.41) is 6.69. The van der Waals surface area contributed by atoms with Crippen LogP contribution >= 0.6 is 0 Å². The molecule has 0 radical (unpaired) electrons. The van der Waals surface area contributed by atoms with E-state index in [1.807, 2.05) is 0 Å². The molecule has 0 spiro atoms. The standard InChI is InChI=1S/C12H17FN2/c13-11-1-3-12(4-2-11)15-9-10-5-7-14-8-6-10/h1-4,10,14-15H,5-9H2. The molecule has 1 aromatic carbocycles. The van der Waals surface area contributed by atoms with E-state index in [-0.39, 0.29) is 5.82 Å². The highest BCUT2D eigenvalue weighted by Gasteiger charge is 2.11. The lowest BCUT2D eigenvalue weighted by Gasteiger charge is -2.23. The Balaban J connectivity index is 1.79. The summed E-state index contributed by atoms with van der Waals surface area (Å²) in [4.78, 5) is 0. The molecule has 0 aromatic heterocycles. The van der Waals surface area contributed by atoms with Crippen LogP contribution in [0.4, 0.5) is 10.1 Å². The first-order chi connectivity index (χ1) is 7.34. The first kappa shape index (κ1) is 10.4. The Morgan fingerprint density at radius 3 is 2.53 bits per heavy atom. The van der Waals surface area contributed by atoms with E-state index < -0.39 is 0 Å². The SMILES string of the molecule is Fc1ccc(NCC2CCNCC2)cc1. The summed E-state index contributed by atoms with van der Waals surface area (Å²) in [6.45, 7) is 3.23. The van der Waals surface area contributed by atoms with Crippen molar-refractivity contribution in [2.24, 2.45) is 5.92 Å². The third-order valence-electron chi connectivity index (χ3n) is 2.90. The summed E-state index contributed by atoms with van der Waals surface area (Å²) in [5.74, 6) is 0.568. The number of piperidine rings is 1. The van der Waals surface area contributed by atoms with Crippen LogP contribution in [0.15, 0.2) is 24.3 Å². The number of anilines is 1. The highest BCUT2D eigenvalue weighted by Crippen LogP contribution is 2.14. The van der Waals surface area contributed by atoms with Crippen molar-refractivity contribution in [3.05, 3.63) is 30.1 Å². The molecule has 3 heteroatoms. The number of rotatable bonds is 3. The smallest absolute Gasteiger partial charge is 0.123 e. The van der Waals surface area contributed by atoms with Crippen LogP contribution in [0, 0.1) is 11.7 Å². The van der Waals surface area contributed by atoms with Gasteiger partial charge in [0.05, 0.1) is 0 Å². The fraction of sp³-hybridized carbons (Fsp3) is 0.500. The van der Waals surface area contributed by atoms with Gasteiger partial charge in [0, 0.05) is 12.2 Å². The number of nitrogens with one attached hydrogen (secondary N) is 2. The number of halogens is 1. The molecule has 1 saturated heterocycles. The molecule has 1 aliphatic rings. The average molecular weight is 208 g/mol. The molecular weight excluding hydrogens is 191 g/mol. The predicted octanol–water partition coefficient (Wildman–Crippen LogP) is 2.24. The minimum Gasteiger partial charge on any atom is -0.385 e. The van der Waals surface area contributed by atoms with Crippen LogP contribution in [0.5, 0.6) is 0 Å². The van der Waals surface area contributed by atoms with Crippen molar-refractivity contribution in [1.29, 1.82) is 0 Å². The van der Waals surface area contributed by atoms with Crippen molar-refractivity contribution in [2.45, 2.75) is 12.8 Å². The predicted molar refractivity (Wildman–Crippen MR) is 60.5 cm³/mol. The number of benzene rings is 1. The molecule has 0 aliphatic carbocycles. The molecule has 0 atom stereocenters. The first-order valence-corrected chi connectivity index (χ1v) is 5.55. The van der Waals surface area contributed by atoms with Crippen molar-refractivity contribution in [3.8, 4) is 0 Å². The van der Waals surface area contributed by atoms with Gasteiger partial charge in [0.2, 0.25) is 0 Å². The molecule has 82 valence electrons. The molecule has 1 fully saturated rings. The van der Waals surface area contributed by atoms with Crippen LogP contribution in [0.3, 0.4) is 0 Å². The Morgan fingerprint density at radius 1 is 1.20 bits per heavy atom. The summed E-state index contributed by atoms with van der Waals surface area (Å²) in [6.07, 6.45) is 2.46. The lowest BCUT2D eigenvalue weighted by molar-refractivity contribution is 0.390. The van der Waals surface area contributed by atoms with Gasteiger partial charge >= 0.3 is 0 Å². The van der Waals surface area contributed by atoms with Crippen LogP contribution in [0.25, 0.3) is 0 Å². The summed E-state index contributed by atoms with van der Waals surface area (Å²) in [6, 6.07) is 6.56. The Hall–Kier alpha value is -1.09. The van der Waals surface area contributed by atoms with E-state index in [4.69, 9.17) is 0 Å². The maximum Gasteiger partial charge on any atom is 0.123 e. The molecule has 1 aliphatic heterocycles. The van der Waals surface area contributed by atoms with E-state index in [0.29, 0.717) is 0 Å². The zero-order chi connectivity index (χ0) is 10.5. The normalized spacial score (nSPS) is 17.7. The molecule has 1 aromatic rings. The van der Waals surface area contributed by atoms with Gasteiger partial charge in [0.15, 0.2) is 0 Å². The molecule has 0 bridgehead atoms. The lowest BCUT2D eigenvalue weighted by Crippen LogP contribution is -2.31. The van der Waals surface area contributed by atoms with Crippen molar-refractivity contribution >= 4 is 5.69 Å². The van der Waals surface area contributed by atoms with Gasteiger partial charge in [-0.2, -0.15) is 0 Å². The highest BCUT2D eigenvalue weighted by molar-refractivity contribution is 5.42. The van der Waals surface area contributed by atoms with Crippen LogP contribution < -0.4 is 10.6 Å².